The van der Waals surface area contributed by atoms with Crippen LogP contribution in [0.25, 0.3) is 0 Å². The highest BCUT2D eigenvalue weighted by Gasteiger charge is 2.22. The molecular weight excluding hydrogens is 276 g/mol. The highest BCUT2D eigenvalue weighted by molar-refractivity contribution is 5.94. The second kappa shape index (κ2) is 6.45. The Bertz CT molecular complexity index is 537. The number of carbonyl (C=O) groups is 2. The van der Waals surface area contributed by atoms with Gasteiger partial charge in [0.2, 0.25) is 0 Å². The van der Waals surface area contributed by atoms with Crippen molar-refractivity contribution in [1.29, 1.82) is 0 Å². The fraction of sp³-hybridized carbons (Fsp3) is 0.429. The number of hydrogen-bond donors (Lipinski definition) is 1. The Labute approximate surface area is 123 Å². The van der Waals surface area contributed by atoms with Gasteiger partial charge in [0.25, 0.3) is 0 Å². The second-order valence-corrected chi connectivity index (χ2v) is 5.23. The van der Waals surface area contributed by atoms with Crippen molar-refractivity contribution < 1.29 is 23.8 Å². The maximum Gasteiger partial charge on any atom is 0.429 e. The second-order valence-electron chi connectivity index (χ2n) is 5.23. The van der Waals surface area contributed by atoms with Gasteiger partial charge in [-0.1, -0.05) is 0 Å². The van der Waals surface area contributed by atoms with Crippen LogP contribution in [0.3, 0.4) is 0 Å². The summed E-state index contributed by atoms with van der Waals surface area (Å²) in [5.74, 6) is 5.42. The van der Waals surface area contributed by atoms with E-state index in [0.29, 0.717) is 5.69 Å². The largest absolute Gasteiger partial charge is 0.496 e. The molecule has 1 amide bonds. The molecule has 0 aliphatic carbocycles. The number of nitrogens with zero attached hydrogens (tertiary/aromatic N) is 1. The van der Waals surface area contributed by atoms with E-state index in [9.17, 15) is 9.59 Å². The average molecular weight is 296 g/mol. The SMILES string of the molecule is COC(=O)c1ccc(N(N)C(=O)OC(C)(C)C)cc1OC. The third kappa shape index (κ3) is 4.35. The first-order valence-corrected chi connectivity index (χ1v) is 6.23. The van der Waals surface area contributed by atoms with Gasteiger partial charge in [-0.05, 0) is 32.9 Å². The lowest BCUT2D eigenvalue weighted by atomic mass is 10.1. The number of benzene rings is 1. The zero-order valence-corrected chi connectivity index (χ0v) is 12.8. The maximum atomic E-state index is 11.9. The van der Waals surface area contributed by atoms with Gasteiger partial charge in [-0.25, -0.2) is 20.4 Å². The van der Waals surface area contributed by atoms with Gasteiger partial charge in [-0.15, -0.1) is 0 Å². The fourth-order valence-electron chi connectivity index (χ4n) is 1.52. The summed E-state index contributed by atoms with van der Waals surface area (Å²) < 4.78 is 14.9. The Hall–Kier alpha value is -2.28. The van der Waals surface area contributed by atoms with Crippen molar-refractivity contribution in [2.75, 3.05) is 19.2 Å². The zero-order valence-electron chi connectivity index (χ0n) is 12.8. The molecular formula is C14H20N2O5. The molecule has 1 aromatic rings. The normalized spacial score (nSPS) is 10.8. The van der Waals surface area contributed by atoms with Crippen molar-refractivity contribution in [1.82, 2.24) is 0 Å². The van der Waals surface area contributed by atoms with Crippen LogP contribution in [0.2, 0.25) is 0 Å². The summed E-state index contributed by atoms with van der Waals surface area (Å²) >= 11 is 0. The summed E-state index contributed by atoms with van der Waals surface area (Å²) in [4.78, 5) is 23.4. The number of anilines is 1. The molecule has 7 heteroatoms. The van der Waals surface area contributed by atoms with Crippen LogP contribution >= 0.6 is 0 Å². The summed E-state index contributed by atoms with van der Waals surface area (Å²) in [7, 11) is 2.67. The first-order valence-electron chi connectivity index (χ1n) is 6.23. The third-order valence-electron chi connectivity index (χ3n) is 2.46. The van der Waals surface area contributed by atoms with Gasteiger partial charge in [-0.3, -0.25) is 0 Å². The van der Waals surface area contributed by atoms with Crippen molar-refractivity contribution >= 4 is 17.7 Å². The zero-order chi connectivity index (χ0) is 16.2. The number of methoxy groups -OCH3 is 2. The van der Waals surface area contributed by atoms with Crippen molar-refractivity contribution in [2.45, 2.75) is 26.4 Å². The van der Waals surface area contributed by atoms with Gasteiger partial charge in [0.15, 0.2) is 0 Å². The lowest BCUT2D eigenvalue weighted by Crippen LogP contribution is -2.41. The number of hydrazine groups is 1. The summed E-state index contributed by atoms with van der Waals surface area (Å²) in [6.45, 7) is 5.21. The van der Waals surface area contributed by atoms with E-state index >= 15 is 0 Å². The van der Waals surface area contributed by atoms with Crippen molar-refractivity contribution in [3.05, 3.63) is 23.8 Å². The predicted octanol–water partition coefficient (Wildman–Crippen LogP) is 2.10. The summed E-state index contributed by atoms with van der Waals surface area (Å²) in [6.07, 6.45) is -0.713. The predicted molar refractivity (Wildman–Crippen MR) is 77.2 cm³/mol. The monoisotopic (exact) mass is 296 g/mol. The smallest absolute Gasteiger partial charge is 0.429 e. The van der Waals surface area contributed by atoms with Crippen LogP contribution in [0.4, 0.5) is 10.5 Å². The minimum atomic E-state index is -0.713. The Morgan fingerprint density at radius 2 is 1.81 bits per heavy atom. The van der Waals surface area contributed by atoms with Crippen molar-refractivity contribution in [3.8, 4) is 5.75 Å². The standard InChI is InChI=1S/C14H20N2O5/c1-14(2,3)21-13(18)16(15)9-6-7-10(12(17)20-5)11(8-9)19-4/h6-8H,15H2,1-5H3. The van der Waals surface area contributed by atoms with E-state index in [1.54, 1.807) is 20.8 Å². The first kappa shape index (κ1) is 16.8. The van der Waals surface area contributed by atoms with Crippen LogP contribution in [-0.4, -0.2) is 31.9 Å². The Kier molecular flexibility index (Phi) is 5.15. The van der Waals surface area contributed by atoms with Crippen LogP contribution in [0.1, 0.15) is 31.1 Å². The summed E-state index contributed by atoms with van der Waals surface area (Å²) in [6, 6.07) is 4.42. The van der Waals surface area contributed by atoms with E-state index in [4.69, 9.17) is 15.3 Å². The maximum absolute atomic E-state index is 11.9. The number of nitrogens with two attached hydrogens (primary N) is 1. The number of rotatable bonds is 3. The molecule has 0 atom stereocenters. The Balaban J connectivity index is 3.04. The summed E-state index contributed by atoms with van der Waals surface area (Å²) in [5.41, 5.74) is -0.0971. The van der Waals surface area contributed by atoms with E-state index in [-0.39, 0.29) is 11.3 Å². The molecule has 1 aromatic carbocycles. The third-order valence-corrected chi connectivity index (χ3v) is 2.46. The van der Waals surface area contributed by atoms with Gasteiger partial charge in [0, 0.05) is 6.07 Å². The highest BCUT2D eigenvalue weighted by Crippen LogP contribution is 2.26. The van der Waals surface area contributed by atoms with E-state index < -0.39 is 17.7 Å². The number of hydrogen-bond acceptors (Lipinski definition) is 6. The van der Waals surface area contributed by atoms with E-state index in [1.165, 1.54) is 32.4 Å². The Morgan fingerprint density at radius 1 is 1.19 bits per heavy atom. The molecule has 0 unspecified atom stereocenters. The van der Waals surface area contributed by atoms with E-state index in [2.05, 4.69) is 4.74 Å². The molecule has 0 saturated carbocycles. The average Bonchev–Trinajstić information content (AvgIpc) is 2.43. The fourth-order valence-corrected chi connectivity index (χ4v) is 1.52. The highest BCUT2D eigenvalue weighted by atomic mass is 16.6. The van der Waals surface area contributed by atoms with E-state index in [0.717, 1.165) is 5.01 Å². The van der Waals surface area contributed by atoms with Gasteiger partial charge >= 0.3 is 12.1 Å². The molecule has 0 aliphatic rings. The molecule has 0 radical (unpaired) electrons. The quantitative estimate of drug-likeness (QED) is 0.397. The number of amides is 1. The number of ether oxygens (including phenoxy) is 3. The van der Waals surface area contributed by atoms with Gasteiger partial charge in [0.1, 0.15) is 16.9 Å². The molecule has 2 N–H and O–H groups in total. The lowest BCUT2D eigenvalue weighted by molar-refractivity contribution is 0.0577. The number of carbonyl (C=O) groups excluding carboxylic acids is 2. The molecule has 7 nitrogen and oxygen atoms in total. The molecule has 0 aliphatic heterocycles. The van der Waals surface area contributed by atoms with Crippen LogP contribution in [0.5, 0.6) is 5.75 Å². The number of esters is 1. The minimum Gasteiger partial charge on any atom is -0.496 e. The van der Waals surface area contributed by atoms with Crippen molar-refractivity contribution in [2.24, 2.45) is 5.84 Å². The molecule has 21 heavy (non-hydrogen) atoms. The van der Waals surface area contributed by atoms with Gasteiger partial charge < -0.3 is 14.2 Å². The lowest BCUT2D eigenvalue weighted by Gasteiger charge is -2.24. The molecule has 1 rings (SSSR count). The minimum absolute atomic E-state index is 0.237. The summed E-state index contributed by atoms with van der Waals surface area (Å²) in [5, 5.41) is 0.842. The van der Waals surface area contributed by atoms with Crippen LogP contribution in [0.15, 0.2) is 18.2 Å². The molecule has 0 saturated heterocycles. The molecule has 0 spiro atoms. The van der Waals surface area contributed by atoms with Crippen LogP contribution < -0.4 is 15.6 Å². The first-order chi connectivity index (χ1) is 9.69. The topological polar surface area (TPSA) is 91.1 Å². The Morgan fingerprint density at radius 3 is 2.29 bits per heavy atom. The molecule has 0 aromatic heterocycles. The molecule has 0 bridgehead atoms. The van der Waals surface area contributed by atoms with Gasteiger partial charge in [-0.2, -0.15) is 0 Å². The molecule has 116 valence electrons. The van der Waals surface area contributed by atoms with Crippen LogP contribution in [0, 0.1) is 0 Å². The molecule has 0 fully saturated rings. The van der Waals surface area contributed by atoms with E-state index in [1.807, 2.05) is 0 Å². The van der Waals surface area contributed by atoms with Crippen LogP contribution in [-0.2, 0) is 9.47 Å². The van der Waals surface area contributed by atoms with Gasteiger partial charge in [0.05, 0.1) is 19.9 Å². The van der Waals surface area contributed by atoms with Crippen molar-refractivity contribution in [3.63, 3.8) is 0 Å². The molecule has 0 heterocycles.